The first-order valence-corrected chi connectivity index (χ1v) is 10.8. The van der Waals surface area contributed by atoms with Crippen LogP contribution in [0.15, 0.2) is 66.9 Å². The number of benzene rings is 2. The number of hydrogen-bond acceptors (Lipinski definition) is 4. The van der Waals surface area contributed by atoms with Gasteiger partial charge in [-0.3, -0.25) is 9.78 Å². The number of aromatic nitrogens is 1. The van der Waals surface area contributed by atoms with Gasteiger partial charge in [0.15, 0.2) is 11.5 Å². The summed E-state index contributed by atoms with van der Waals surface area (Å²) in [4.78, 5) is 19.6. The van der Waals surface area contributed by atoms with Gasteiger partial charge in [0.05, 0.1) is 19.8 Å². The van der Waals surface area contributed by atoms with E-state index in [1.165, 1.54) is 0 Å². The Hall–Kier alpha value is -3.34. The third-order valence-electron chi connectivity index (χ3n) is 5.65. The molecule has 1 aromatic heterocycles. The molecule has 1 aliphatic rings. The van der Waals surface area contributed by atoms with Crippen LogP contribution < -0.4 is 9.47 Å². The maximum atomic E-state index is 13.2. The van der Waals surface area contributed by atoms with Crippen LogP contribution in [0.1, 0.15) is 53.0 Å². The van der Waals surface area contributed by atoms with Crippen LogP contribution in [0.2, 0.25) is 0 Å². The van der Waals surface area contributed by atoms with Gasteiger partial charge in [0.25, 0.3) is 5.91 Å². The average molecular weight is 417 g/mol. The Bertz CT molecular complexity index is 1040. The highest BCUT2D eigenvalue weighted by Crippen LogP contribution is 2.41. The van der Waals surface area contributed by atoms with Gasteiger partial charge in [0, 0.05) is 30.4 Å². The van der Waals surface area contributed by atoms with Crippen molar-refractivity contribution >= 4 is 5.91 Å². The van der Waals surface area contributed by atoms with Crippen molar-refractivity contribution in [2.75, 3.05) is 20.3 Å². The standard InChI is InChI=1S/C26H28N2O3/c1-3-4-17-31-23-13-12-19(18-24(23)30-2)25-21-10-5-6-11-22(21)26(29)28(25)16-14-20-9-7-8-15-27-20/h5-13,15,18,25H,3-4,14,16-17H2,1-2H3. The number of amides is 1. The van der Waals surface area contributed by atoms with E-state index < -0.39 is 0 Å². The number of ether oxygens (including phenoxy) is 2. The predicted octanol–water partition coefficient (Wildman–Crippen LogP) is 5.06. The molecule has 5 nitrogen and oxygen atoms in total. The van der Waals surface area contributed by atoms with Crippen molar-refractivity contribution < 1.29 is 14.3 Å². The summed E-state index contributed by atoms with van der Waals surface area (Å²) in [7, 11) is 1.65. The molecule has 0 saturated carbocycles. The first-order chi connectivity index (χ1) is 15.2. The van der Waals surface area contributed by atoms with Crippen LogP contribution in [0.3, 0.4) is 0 Å². The second-order valence-corrected chi connectivity index (χ2v) is 7.67. The Labute approximate surface area is 183 Å². The fraction of sp³-hybridized carbons (Fsp3) is 0.308. The molecule has 1 aliphatic heterocycles. The summed E-state index contributed by atoms with van der Waals surface area (Å²) in [6.45, 7) is 3.39. The molecule has 4 rings (SSSR count). The summed E-state index contributed by atoms with van der Waals surface area (Å²) in [5.41, 5.74) is 3.77. The number of carbonyl (C=O) groups is 1. The largest absolute Gasteiger partial charge is 0.493 e. The van der Waals surface area contributed by atoms with E-state index in [1.807, 2.05) is 65.6 Å². The molecule has 0 spiro atoms. The van der Waals surface area contributed by atoms with E-state index >= 15 is 0 Å². The van der Waals surface area contributed by atoms with Crippen molar-refractivity contribution in [3.8, 4) is 11.5 Å². The third-order valence-corrected chi connectivity index (χ3v) is 5.65. The molecule has 0 saturated heterocycles. The van der Waals surface area contributed by atoms with Crippen molar-refractivity contribution in [1.82, 2.24) is 9.88 Å². The summed E-state index contributed by atoms with van der Waals surface area (Å²) in [5.74, 6) is 1.48. The van der Waals surface area contributed by atoms with Gasteiger partial charge in [0.2, 0.25) is 0 Å². The molecule has 5 heteroatoms. The van der Waals surface area contributed by atoms with Crippen LogP contribution in [-0.2, 0) is 6.42 Å². The maximum absolute atomic E-state index is 13.2. The minimum atomic E-state index is -0.161. The zero-order valence-corrected chi connectivity index (χ0v) is 18.1. The van der Waals surface area contributed by atoms with Crippen LogP contribution in [0, 0.1) is 0 Å². The lowest BCUT2D eigenvalue weighted by Crippen LogP contribution is -2.31. The molecule has 31 heavy (non-hydrogen) atoms. The molecule has 0 aliphatic carbocycles. The first kappa shape index (κ1) is 20.9. The van der Waals surface area contributed by atoms with Crippen molar-refractivity contribution in [2.45, 2.75) is 32.2 Å². The third kappa shape index (κ3) is 4.41. The monoisotopic (exact) mass is 416 g/mol. The molecule has 0 fully saturated rings. The van der Waals surface area contributed by atoms with Crippen LogP contribution in [0.4, 0.5) is 0 Å². The highest BCUT2D eigenvalue weighted by molar-refractivity contribution is 5.99. The van der Waals surface area contributed by atoms with Gasteiger partial charge in [0.1, 0.15) is 0 Å². The quantitative estimate of drug-likeness (QED) is 0.458. The molecule has 2 aromatic carbocycles. The lowest BCUT2D eigenvalue weighted by atomic mass is 9.97. The summed E-state index contributed by atoms with van der Waals surface area (Å²) in [6, 6.07) is 19.5. The maximum Gasteiger partial charge on any atom is 0.255 e. The number of rotatable bonds is 9. The number of pyridine rings is 1. The molecule has 3 aromatic rings. The van der Waals surface area contributed by atoms with Crippen LogP contribution in [-0.4, -0.2) is 36.1 Å². The van der Waals surface area contributed by atoms with E-state index in [4.69, 9.17) is 9.47 Å². The van der Waals surface area contributed by atoms with E-state index in [0.717, 1.165) is 41.0 Å². The lowest BCUT2D eigenvalue weighted by Gasteiger charge is -2.26. The summed E-state index contributed by atoms with van der Waals surface area (Å²) < 4.78 is 11.5. The van der Waals surface area contributed by atoms with Crippen molar-refractivity contribution in [3.63, 3.8) is 0 Å². The van der Waals surface area contributed by atoms with Gasteiger partial charge in [-0.1, -0.05) is 43.7 Å². The first-order valence-electron chi connectivity index (χ1n) is 10.8. The van der Waals surface area contributed by atoms with Crippen LogP contribution >= 0.6 is 0 Å². The summed E-state index contributed by atoms with van der Waals surface area (Å²) >= 11 is 0. The van der Waals surface area contributed by atoms with Gasteiger partial charge in [-0.2, -0.15) is 0 Å². The number of carbonyl (C=O) groups excluding carboxylic acids is 1. The topological polar surface area (TPSA) is 51.7 Å². The predicted molar refractivity (Wildman–Crippen MR) is 121 cm³/mol. The SMILES string of the molecule is CCCCOc1ccc(C2c3ccccc3C(=O)N2CCc2ccccn2)cc1OC. The van der Waals surface area contributed by atoms with E-state index in [-0.39, 0.29) is 11.9 Å². The molecule has 1 atom stereocenters. The number of methoxy groups -OCH3 is 1. The Balaban J connectivity index is 1.65. The minimum absolute atomic E-state index is 0.0544. The van der Waals surface area contributed by atoms with E-state index in [1.54, 1.807) is 13.3 Å². The molecule has 0 radical (unpaired) electrons. The summed E-state index contributed by atoms with van der Waals surface area (Å²) in [6.07, 6.45) is 4.56. The second-order valence-electron chi connectivity index (χ2n) is 7.67. The van der Waals surface area contributed by atoms with Crippen molar-refractivity contribution in [3.05, 3.63) is 89.2 Å². The lowest BCUT2D eigenvalue weighted by molar-refractivity contribution is 0.0751. The molecule has 2 heterocycles. The number of unbranched alkanes of at least 4 members (excludes halogenated alkanes) is 1. The van der Waals surface area contributed by atoms with Crippen molar-refractivity contribution in [1.29, 1.82) is 0 Å². The summed E-state index contributed by atoms with van der Waals surface area (Å²) in [5, 5.41) is 0. The highest BCUT2D eigenvalue weighted by atomic mass is 16.5. The second kappa shape index (κ2) is 9.65. The smallest absolute Gasteiger partial charge is 0.255 e. The molecule has 160 valence electrons. The van der Waals surface area contributed by atoms with Gasteiger partial charge >= 0.3 is 0 Å². The molecule has 0 bridgehead atoms. The molecule has 1 unspecified atom stereocenters. The Morgan fingerprint density at radius 1 is 1.03 bits per heavy atom. The molecular formula is C26H28N2O3. The fourth-order valence-electron chi connectivity index (χ4n) is 4.04. The van der Waals surface area contributed by atoms with E-state index in [0.29, 0.717) is 25.3 Å². The van der Waals surface area contributed by atoms with Gasteiger partial charge in [-0.15, -0.1) is 0 Å². The number of fused-ring (bicyclic) bond motifs is 1. The van der Waals surface area contributed by atoms with Gasteiger partial charge < -0.3 is 14.4 Å². The van der Waals surface area contributed by atoms with E-state index in [2.05, 4.69) is 11.9 Å². The normalized spacial score (nSPS) is 15.1. The molecule has 1 amide bonds. The Morgan fingerprint density at radius 2 is 1.87 bits per heavy atom. The Kier molecular flexibility index (Phi) is 6.51. The fourth-order valence-corrected chi connectivity index (χ4v) is 4.04. The van der Waals surface area contributed by atoms with Crippen LogP contribution in [0.25, 0.3) is 0 Å². The zero-order chi connectivity index (χ0) is 21.6. The molecule has 0 N–H and O–H groups in total. The average Bonchev–Trinajstić information content (AvgIpc) is 3.10. The van der Waals surface area contributed by atoms with Crippen LogP contribution in [0.5, 0.6) is 11.5 Å². The number of hydrogen-bond donors (Lipinski definition) is 0. The zero-order valence-electron chi connectivity index (χ0n) is 18.1. The number of nitrogens with zero attached hydrogens (tertiary/aromatic N) is 2. The van der Waals surface area contributed by atoms with E-state index in [9.17, 15) is 4.79 Å². The molecular weight excluding hydrogens is 388 g/mol. The van der Waals surface area contributed by atoms with Gasteiger partial charge in [-0.25, -0.2) is 0 Å². The minimum Gasteiger partial charge on any atom is -0.493 e. The van der Waals surface area contributed by atoms with Gasteiger partial charge in [-0.05, 0) is 47.9 Å². The van der Waals surface area contributed by atoms with Crippen molar-refractivity contribution in [2.24, 2.45) is 0 Å². The Morgan fingerprint density at radius 3 is 2.65 bits per heavy atom. The highest BCUT2D eigenvalue weighted by Gasteiger charge is 2.37.